The highest BCUT2D eigenvalue weighted by atomic mass is 16.5. The van der Waals surface area contributed by atoms with Crippen molar-refractivity contribution in [2.75, 3.05) is 12.4 Å². The molecule has 1 atom stereocenters. The van der Waals surface area contributed by atoms with Crippen LogP contribution in [0, 0.1) is 17.8 Å². The van der Waals surface area contributed by atoms with E-state index in [0.29, 0.717) is 11.6 Å². The number of ether oxygens (including phenoxy) is 1. The van der Waals surface area contributed by atoms with E-state index < -0.39 is 0 Å². The topological polar surface area (TPSA) is 33.6 Å². The van der Waals surface area contributed by atoms with Gasteiger partial charge in [-0.15, -0.1) is 0 Å². The molecule has 0 radical (unpaired) electrons. The molecule has 0 saturated heterocycles. The maximum absolute atomic E-state index is 5.52. The summed E-state index contributed by atoms with van der Waals surface area (Å²) in [5.74, 6) is 3.84. The number of nitrogens with zero attached hydrogens (tertiary/aromatic N) is 1. The van der Waals surface area contributed by atoms with Crippen molar-refractivity contribution < 1.29 is 4.74 Å². The number of hydrogen-bond donors (Lipinski definition) is 1. The highest BCUT2D eigenvalue weighted by Crippen LogP contribution is 2.56. The summed E-state index contributed by atoms with van der Waals surface area (Å²) in [7, 11) is 1.75. The molecular weight excluding hydrogens is 404 g/mol. The molecule has 2 aromatic carbocycles. The molecule has 4 fully saturated rings. The van der Waals surface area contributed by atoms with Crippen molar-refractivity contribution in [2.24, 2.45) is 22.7 Å². The Morgan fingerprint density at radius 2 is 1.67 bits per heavy atom. The van der Waals surface area contributed by atoms with E-state index in [1.54, 1.807) is 7.11 Å². The van der Waals surface area contributed by atoms with Gasteiger partial charge in [0, 0.05) is 22.4 Å². The normalized spacial score (nSPS) is 31.8. The molecule has 2 aromatic rings. The maximum Gasteiger partial charge on any atom is 0.119 e. The van der Waals surface area contributed by atoms with E-state index >= 15 is 0 Å². The quantitative estimate of drug-likeness (QED) is 0.499. The van der Waals surface area contributed by atoms with Gasteiger partial charge in [0.2, 0.25) is 0 Å². The Labute approximate surface area is 199 Å². The van der Waals surface area contributed by atoms with Crippen LogP contribution in [0.15, 0.2) is 47.5 Å². The van der Waals surface area contributed by atoms with Crippen LogP contribution in [0.1, 0.15) is 81.4 Å². The van der Waals surface area contributed by atoms with Gasteiger partial charge in [-0.2, -0.15) is 0 Å². The van der Waals surface area contributed by atoms with Gasteiger partial charge < -0.3 is 10.1 Å². The minimum atomic E-state index is 0.354. The highest BCUT2D eigenvalue weighted by molar-refractivity contribution is 6.14. The predicted molar refractivity (Wildman–Crippen MR) is 137 cm³/mol. The van der Waals surface area contributed by atoms with Crippen LogP contribution in [-0.4, -0.2) is 24.4 Å². The lowest BCUT2D eigenvalue weighted by molar-refractivity contribution is 0.0107. The van der Waals surface area contributed by atoms with Gasteiger partial charge in [0.05, 0.1) is 18.9 Å². The van der Waals surface area contributed by atoms with Crippen molar-refractivity contribution in [1.29, 1.82) is 0 Å². The zero-order valence-electron chi connectivity index (χ0n) is 20.3. The van der Waals surface area contributed by atoms with Crippen molar-refractivity contribution in [1.82, 2.24) is 0 Å². The first-order chi connectivity index (χ1) is 16.1. The number of nitrogens with one attached hydrogen (secondary N) is 1. The van der Waals surface area contributed by atoms with Crippen LogP contribution in [-0.2, 0) is 6.42 Å². The van der Waals surface area contributed by atoms with E-state index in [2.05, 4.69) is 54.7 Å². The first kappa shape index (κ1) is 21.3. The van der Waals surface area contributed by atoms with E-state index in [0.717, 1.165) is 42.1 Å². The second-order valence-corrected chi connectivity index (χ2v) is 11.4. The first-order valence-corrected chi connectivity index (χ1v) is 13.3. The number of fused-ring (bicyclic) bond motifs is 1. The van der Waals surface area contributed by atoms with E-state index in [9.17, 15) is 0 Å². The van der Waals surface area contributed by atoms with Crippen molar-refractivity contribution >= 4 is 11.4 Å². The van der Waals surface area contributed by atoms with Gasteiger partial charge >= 0.3 is 0 Å². The van der Waals surface area contributed by atoms with Crippen molar-refractivity contribution in [2.45, 2.75) is 82.7 Å². The Hall–Kier alpha value is -2.29. The van der Waals surface area contributed by atoms with Crippen LogP contribution in [0.25, 0.3) is 0 Å². The van der Waals surface area contributed by atoms with E-state index in [-0.39, 0.29) is 0 Å². The fraction of sp³-hybridized carbons (Fsp3) is 0.567. The second kappa shape index (κ2) is 8.49. The molecule has 1 aliphatic heterocycles. The molecule has 4 saturated carbocycles. The zero-order valence-corrected chi connectivity index (χ0v) is 20.3. The SMILES string of the molecule is CCCC[C@@H]1Cc2cc(OC)ccc2C(c2ccc(NC34CC5CC(CC(C5)C3)C4)cc2)=N1. The van der Waals surface area contributed by atoms with Crippen LogP contribution in [0.5, 0.6) is 5.75 Å². The Bertz CT molecular complexity index is 1000. The van der Waals surface area contributed by atoms with Gasteiger partial charge in [-0.25, -0.2) is 0 Å². The van der Waals surface area contributed by atoms with Gasteiger partial charge in [-0.05, 0) is 105 Å². The maximum atomic E-state index is 5.52. The Kier molecular flexibility index (Phi) is 5.47. The zero-order chi connectivity index (χ0) is 22.4. The minimum Gasteiger partial charge on any atom is -0.497 e. The van der Waals surface area contributed by atoms with Crippen LogP contribution in [0.3, 0.4) is 0 Å². The summed E-state index contributed by atoms with van der Waals surface area (Å²) in [6.07, 6.45) is 13.2. The molecule has 4 bridgehead atoms. The van der Waals surface area contributed by atoms with Gasteiger partial charge in [0.1, 0.15) is 5.75 Å². The molecule has 7 rings (SSSR count). The molecular formula is C30H38N2O. The number of rotatable bonds is 7. The Balaban J connectivity index is 1.26. The third-order valence-electron chi connectivity index (χ3n) is 8.83. The molecule has 0 unspecified atom stereocenters. The molecule has 174 valence electrons. The molecule has 0 spiro atoms. The van der Waals surface area contributed by atoms with Crippen LogP contribution in [0.4, 0.5) is 5.69 Å². The summed E-state index contributed by atoms with van der Waals surface area (Å²) < 4.78 is 5.52. The number of hydrogen-bond acceptors (Lipinski definition) is 3. The summed E-state index contributed by atoms with van der Waals surface area (Å²) in [6.45, 7) is 2.26. The molecule has 0 amide bonds. The van der Waals surface area contributed by atoms with Crippen molar-refractivity contribution in [3.63, 3.8) is 0 Å². The monoisotopic (exact) mass is 442 g/mol. The number of unbranched alkanes of at least 4 members (excludes halogenated alkanes) is 1. The third kappa shape index (κ3) is 4.09. The molecule has 33 heavy (non-hydrogen) atoms. The number of methoxy groups -OCH3 is 1. The lowest BCUT2D eigenvalue weighted by atomic mass is 9.53. The fourth-order valence-electron chi connectivity index (χ4n) is 7.77. The summed E-state index contributed by atoms with van der Waals surface area (Å²) >= 11 is 0. The number of benzene rings is 2. The summed E-state index contributed by atoms with van der Waals surface area (Å²) in [5.41, 5.74) is 6.67. The molecule has 3 nitrogen and oxygen atoms in total. The minimum absolute atomic E-state index is 0.354. The fourth-order valence-corrected chi connectivity index (χ4v) is 7.77. The van der Waals surface area contributed by atoms with Crippen LogP contribution < -0.4 is 10.1 Å². The lowest BCUT2D eigenvalue weighted by Crippen LogP contribution is -2.54. The van der Waals surface area contributed by atoms with Crippen LogP contribution in [0.2, 0.25) is 0 Å². The standard InChI is InChI=1S/C30H38N2O/c1-3-4-5-26-15-24-16-27(33-2)10-11-28(24)29(31-26)23-6-8-25(9-7-23)32-30-17-20-12-21(18-30)14-22(13-20)19-30/h6-11,16,20-22,26,32H,3-5,12-15,17-19H2,1-2H3/t20?,21?,22?,26-,30?/m1/s1. The Morgan fingerprint density at radius 3 is 2.30 bits per heavy atom. The molecule has 5 aliphatic rings. The van der Waals surface area contributed by atoms with E-state index in [1.165, 1.54) is 73.7 Å². The van der Waals surface area contributed by atoms with Crippen molar-refractivity contribution in [3.8, 4) is 5.75 Å². The molecule has 1 heterocycles. The molecule has 4 aliphatic carbocycles. The number of aliphatic imine (C=N–C) groups is 1. The third-order valence-corrected chi connectivity index (χ3v) is 8.83. The average molecular weight is 443 g/mol. The Morgan fingerprint density at radius 1 is 0.970 bits per heavy atom. The van der Waals surface area contributed by atoms with E-state index in [1.807, 2.05) is 0 Å². The molecule has 3 heteroatoms. The highest BCUT2D eigenvalue weighted by Gasteiger charge is 2.50. The van der Waals surface area contributed by atoms with Gasteiger partial charge in [-0.1, -0.05) is 31.9 Å². The summed E-state index contributed by atoms with van der Waals surface area (Å²) in [6, 6.07) is 16.0. The van der Waals surface area contributed by atoms with Gasteiger partial charge in [-0.3, -0.25) is 4.99 Å². The molecule has 0 aromatic heterocycles. The lowest BCUT2D eigenvalue weighted by Gasteiger charge is -2.57. The average Bonchev–Trinajstić information content (AvgIpc) is 2.81. The van der Waals surface area contributed by atoms with Crippen LogP contribution >= 0.6 is 0 Å². The van der Waals surface area contributed by atoms with Gasteiger partial charge in [0.25, 0.3) is 0 Å². The van der Waals surface area contributed by atoms with E-state index in [4.69, 9.17) is 9.73 Å². The largest absolute Gasteiger partial charge is 0.497 e. The van der Waals surface area contributed by atoms with Gasteiger partial charge in [0.15, 0.2) is 0 Å². The number of anilines is 1. The first-order valence-electron chi connectivity index (χ1n) is 13.3. The predicted octanol–water partition coefficient (Wildman–Crippen LogP) is 7.03. The van der Waals surface area contributed by atoms with Crippen molar-refractivity contribution in [3.05, 3.63) is 59.2 Å². The molecule has 1 N–H and O–H groups in total. The summed E-state index contributed by atoms with van der Waals surface area (Å²) in [5, 5.41) is 4.03. The summed E-state index contributed by atoms with van der Waals surface area (Å²) in [4.78, 5) is 5.25. The second-order valence-electron chi connectivity index (χ2n) is 11.4. The smallest absolute Gasteiger partial charge is 0.119 e.